The predicted octanol–water partition coefficient (Wildman–Crippen LogP) is 3.61. The molecule has 4 nitrogen and oxygen atoms in total. The molecule has 0 saturated carbocycles. The Bertz CT molecular complexity index is 721. The lowest BCUT2D eigenvalue weighted by Crippen LogP contribution is -2.49. The molecule has 4 heteroatoms. The molecule has 0 spiro atoms. The average Bonchev–Trinajstić information content (AvgIpc) is 2.68. The quantitative estimate of drug-likeness (QED) is 0.814. The smallest absolute Gasteiger partial charge is 0.238 e. The Morgan fingerprint density at radius 1 is 0.963 bits per heavy atom. The van der Waals surface area contributed by atoms with Crippen molar-refractivity contribution in [2.45, 2.75) is 26.2 Å². The maximum absolute atomic E-state index is 12.4. The molecule has 0 radical (unpaired) electrons. The summed E-state index contributed by atoms with van der Waals surface area (Å²) in [7, 11) is 0. The molecule has 1 heterocycles. The number of piperazine rings is 1. The third kappa shape index (κ3) is 6.19. The van der Waals surface area contributed by atoms with Gasteiger partial charge in [0, 0.05) is 38.4 Å². The van der Waals surface area contributed by atoms with E-state index < -0.39 is 0 Å². The third-order valence-electron chi connectivity index (χ3n) is 5.23. The van der Waals surface area contributed by atoms with Crippen LogP contribution in [0.2, 0.25) is 0 Å². The summed E-state index contributed by atoms with van der Waals surface area (Å²) >= 11 is 0. The lowest BCUT2D eigenvalue weighted by Gasteiger charge is -2.34. The first-order valence-electron chi connectivity index (χ1n) is 9.98. The van der Waals surface area contributed by atoms with E-state index in [1.165, 1.54) is 11.1 Å². The van der Waals surface area contributed by atoms with E-state index in [1.807, 2.05) is 12.1 Å². The number of carbonyl (C=O) groups excluding carboxylic acids is 1. The highest BCUT2D eigenvalue weighted by Crippen LogP contribution is 2.18. The molecule has 3 rings (SSSR count). The van der Waals surface area contributed by atoms with Crippen molar-refractivity contribution in [3.8, 4) is 0 Å². The highest BCUT2D eigenvalue weighted by Gasteiger charge is 2.18. The van der Waals surface area contributed by atoms with Crippen LogP contribution in [-0.2, 0) is 11.2 Å². The van der Waals surface area contributed by atoms with E-state index in [2.05, 4.69) is 71.4 Å². The van der Waals surface area contributed by atoms with Crippen LogP contribution >= 0.6 is 0 Å². The molecule has 0 unspecified atom stereocenters. The molecule has 0 atom stereocenters. The summed E-state index contributed by atoms with van der Waals surface area (Å²) in [5.74, 6) is 0.541. The van der Waals surface area contributed by atoms with E-state index in [9.17, 15) is 4.79 Å². The van der Waals surface area contributed by atoms with Crippen molar-refractivity contribution in [1.29, 1.82) is 0 Å². The maximum Gasteiger partial charge on any atom is 0.238 e. The van der Waals surface area contributed by atoms with Gasteiger partial charge in [0.25, 0.3) is 0 Å². The van der Waals surface area contributed by atoms with Gasteiger partial charge in [0.15, 0.2) is 0 Å². The second kappa shape index (κ2) is 9.67. The second-order valence-electron chi connectivity index (χ2n) is 7.68. The molecule has 1 amide bonds. The van der Waals surface area contributed by atoms with E-state index in [-0.39, 0.29) is 5.91 Å². The van der Waals surface area contributed by atoms with Gasteiger partial charge in [-0.2, -0.15) is 0 Å². The molecule has 0 bridgehead atoms. The Kier molecular flexibility index (Phi) is 7.02. The summed E-state index contributed by atoms with van der Waals surface area (Å²) in [5, 5.41) is 3.05. The first-order chi connectivity index (χ1) is 13.1. The minimum absolute atomic E-state index is 0.0774. The van der Waals surface area contributed by atoms with Crippen LogP contribution < -0.4 is 5.32 Å². The normalized spacial score (nSPS) is 15.8. The molecule has 27 heavy (non-hydrogen) atoms. The van der Waals surface area contributed by atoms with Crippen molar-refractivity contribution in [1.82, 2.24) is 9.80 Å². The van der Waals surface area contributed by atoms with Gasteiger partial charge in [-0.05, 0) is 35.6 Å². The third-order valence-corrected chi connectivity index (χ3v) is 5.23. The summed E-state index contributed by atoms with van der Waals surface area (Å²) in [6.45, 7) is 9.86. The highest BCUT2D eigenvalue weighted by molar-refractivity contribution is 5.92. The van der Waals surface area contributed by atoms with Gasteiger partial charge < -0.3 is 10.2 Å². The minimum atomic E-state index is 0.0774. The van der Waals surface area contributed by atoms with Crippen molar-refractivity contribution in [3.63, 3.8) is 0 Å². The zero-order valence-corrected chi connectivity index (χ0v) is 16.5. The summed E-state index contributed by atoms with van der Waals surface area (Å²) in [5.41, 5.74) is 3.54. The summed E-state index contributed by atoms with van der Waals surface area (Å²) in [4.78, 5) is 17.1. The fraction of sp³-hybridized carbons (Fsp3) is 0.435. The number of hydrogen-bond acceptors (Lipinski definition) is 3. The number of amides is 1. The summed E-state index contributed by atoms with van der Waals surface area (Å²) < 4.78 is 0. The van der Waals surface area contributed by atoms with Gasteiger partial charge in [0.1, 0.15) is 0 Å². The number of rotatable bonds is 7. The van der Waals surface area contributed by atoms with Crippen LogP contribution in [0.1, 0.15) is 30.9 Å². The Hall–Kier alpha value is -2.17. The van der Waals surface area contributed by atoms with Crippen LogP contribution in [0.4, 0.5) is 5.69 Å². The van der Waals surface area contributed by atoms with Gasteiger partial charge in [0.2, 0.25) is 5.91 Å². The van der Waals surface area contributed by atoms with E-state index in [1.54, 1.807) is 0 Å². The van der Waals surface area contributed by atoms with E-state index in [0.29, 0.717) is 12.5 Å². The number of benzene rings is 2. The van der Waals surface area contributed by atoms with Crippen LogP contribution in [0.15, 0.2) is 54.6 Å². The SMILES string of the molecule is CC(C)c1cccc(NC(=O)CN2CCN(CCc3ccccc3)CC2)c1. The van der Waals surface area contributed by atoms with Crippen LogP contribution in [0, 0.1) is 0 Å². The molecular weight excluding hydrogens is 334 g/mol. The maximum atomic E-state index is 12.4. The second-order valence-corrected chi connectivity index (χ2v) is 7.68. The molecule has 2 aromatic rings. The van der Waals surface area contributed by atoms with Crippen molar-refractivity contribution in [2.75, 3.05) is 44.6 Å². The molecule has 0 aliphatic carbocycles. The summed E-state index contributed by atoms with van der Waals surface area (Å²) in [6, 6.07) is 18.8. The number of hydrogen-bond donors (Lipinski definition) is 1. The number of nitrogens with zero attached hydrogens (tertiary/aromatic N) is 2. The van der Waals surface area contributed by atoms with Crippen molar-refractivity contribution < 1.29 is 4.79 Å². The van der Waals surface area contributed by atoms with Gasteiger partial charge in [-0.1, -0.05) is 56.3 Å². The van der Waals surface area contributed by atoms with E-state index >= 15 is 0 Å². The van der Waals surface area contributed by atoms with Gasteiger partial charge in [-0.15, -0.1) is 0 Å². The summed E-state index contributed by atoms with van der Waals surface area (Å²) in [6.07, 6.45) is 1.09. The molecule has 1 aliphatic heterocycles. The van der Waals surface area contributed by atoms with Gasteiger partial charge in [-0.3, -0.25) is 9.69 Å². The van der Waals surface area contributed by atoms with Crippen LogP contribution in [0.25, 0.3) is 0 Å². The highest BCUT2D eigenvalue weighted by atomic mass is 16.2. The molecule has 0 aromatic heterocycles. The standard InChI is InChI=1S/C23H31N3O/c1-19(2)21-9-6-10-22(17-21)24-23(27)18-26-15-13-25(14-16-26)12-11-20-7-4-3-5-8-20/h3-10,17,19H,11-16,18H2,1-2H3,(H,24,27). The Labute approximate surface area is 163 Å². The van der Waals surface area contributed by atoms with Crippen LogP contribution in [0.3, 0.4) is 0 Å². The van der Waals surface area contributed by atoms with E-state index in [4.69, 9.17) is 0 Å². The lowest BCUT2D eigenvalue weighted by atomic mass is 10.0. The lowest BCUT2D eigenvalue weighted by molar-refractivity contribution is -0.117. The largest absolute Gasteiger partial charge is 0.325 e. The van der Waals surface area contributed by atoms with Crippen LogP contribution in [-0.4, -0.2) is 55.0 Å². The Balaban J connectivity index is 1.39. The predicted molar refractivity (Wildman–Crippen MR) is 112 cm³/mol. The average molecular weight is 366 g/mol. The zero-order chi connectivity index (χ0) is 19.1. The fourth-order valence-electron chi connectivity index (χ4n) is 3.48. The van der Waals surface area contributed by atoms with Gasteiger partial charge in [0.05, 0.1) is 6.54 Å². The first kappa shape index (κ1) is 19.6. The van der Waals surface area contributed by atoms with Crippen molar-refractivity contribution >= 4 is 11.6 Å². The first-order valence-corrected chi connectivity index (χ1v) is 9.98. The molecule has 144 valence electrons. The molecule has 2 aromatic carbocycles. The van der Waals surface area contributed by atoms with E-state index in [0.717, 1.165) is 44.8 Å². The molecule has 1 N–H and O–H groups in total. The minimum Gasteiger partial charge on any atom is -0.325 e. The van der Waals surface area contributed by atoms with Crippen molar-refractivity contribution in [3.05, 3.63) is 65.7 Å². The molecule has 1 fully saturated rings. The van der Waals surface area contributed by atoms with Crippen LogP contribution in [0.5, 0.6) is 0 Å². The topological polar surface area (TPSA) is 35.6 Å². The number of anilines is 1. The fourth-order valence-corrected chi connectivity index (χ4v) is 3.48. The Morgan fingerprint density at radius 2 is 1.67 bits per heavy atom. The molecule has 1 aliphatic rings. The van der Waals surface area contributed by atoms with Gasteiger partial charge in [-0.25, -0.2) is 0 Å². The Morgan fingerprint density at radius 3 is 2.37 bits per heavy atom. The van der Waals surface area contributed by atoms with Gasteiger partial charge >= 0.3 is 0 Å². The van der Waals surface area contributed by atoms with Crippen molar-refractivity contribution in [2.24, 2.45) is 0 Å². The molecule has 1 saturated heterocycles. The zero-order valence-electron chi connectivity index (χ0n) is 16.5. The molecular formula is C23H31N3O. The number of nitrogens with one attached hydrogen (secondary N) is 1. The number of carbonyl (C=O) groups is 1. The monoisotopic (exact) mass is 365 g/mol.